The Morgan fingerprint density at radius 2 is 1.88 bits per heavy atom. The first-order valence-electron chi connectivity index (χ1n) is 7.50. The number of imidazole rings is 1. The molecule has 24 heavy (non-hydrogen) atoms. The van der Waals surface area contributed by atoms with Crippen molar-refractivity contribution < 1.29 is 4.74 Å². The van der Waals surface area contributed by atoms with Gasteiger partial charge < -0.3 is 9.64 Å². The van der Waals surface area contributed by atoms with Crippen LogP contribution >= 0.6 is 11.6 Å². The van der Waals surface area contributed by atoms with E-state index in [1.54, 1.807) is 18.5 Å². The number of halogens is 1. The summed E-state index contributed by atoms with van der Waals surface area (Å²) in [6.07, 6.45) is 1.69. The van der Waals surface area contributed by atoms with Gasteiger partial charge in [0.05, 0.1) is 13.2 Å². The summed E-state index contributed by atoms with van der Waals surface area (Å²) in [4.78, 5) is 15.3. The number of rotatable bonds is 2. The van der Waals surface area contributed by atoms with Crippen molar-refractivity contribution >= 4 is 28.6 Å². The van der Waals surface area contributed by atoms with Crippen LogP contribution in [0, 0.1) is 11.3 Å². The van der Waals surface area contributed by atoms with Gasteiger partial charge in [-0.2, -0.15) is 15.2 Å². The van der Waals surface area contributed by atoms with Crippen molar-refractivity contribution in [1.29, 1.82) is 5.26 Å². The topological polar surface area (TPSA) is 79.9 Å². The minimum atomic E-state index is 0.125. The minimum Gasteiger partial charge on any atom is -0.378 e. The van der Waals surface area contributed by atoms with Crippen LogP contribution in [0.4, 0.5) is 5.82 Å². The number of nitriles is 1. The third-order valence-corrected chi connectivity index (χ3v) is 4.15. The standard InChI is InChI=1S/C16H13ClN6O/c17-11-1-3-12(4-2-11)23-10-19-14-15(22-5-7-24-8-6-22)20-13(9-18)21-16(14)23/h1-4,10H,5-8H2. The molecular weight excluding hydrogens is 328 g/mol. The van der Waals surface area contributed by atoms with E-state index in [1.165, 1.54) is 0 Å². The summed E-state index contributed by atoms with van der Waals surface area (Å²) >= 11 is 5.95. The lowest BCUT2D eigenvalue weighted by atomic mass is 10.3. The third-order valence-electron chi connectivity index (χ3n) is 3.89. The second kappa shape index (κ2) is 6.07. The van der Waals surface area contributed by atoms with Crippen molar-refractivity contribution in [2.45, 2.75) is 0 Å². The van der Waals surface area contributed by atoms with E-state index in [0.29, 0.717) is 48.3 Å². The Balaban J connectivity index is 1.89. The number of nitrogens with zero attached hydrogens (tertiary/aromatic N) is 6. The molecule has 0 aliphatic carbocycles. The van der Waals surface area contributed by atoms with Gasteiger partial charge >= 0.3 is 0 Å². The Morgan fingerprint density at radius 1 is 1.12 bits per heavy atom. The second-order valence-corrected chi connectivity index (χ2v) is 5.78. The van der Waals surface area contributed by atoms with Crippen LogP contribution in [0.15, 0.2) is 30.6 Å². The smallest absolute Gasteiger partial charge is 0.236 e. The van der Waals surface area contributed by atoms with Crippen molar-refractivity contribution in [2.75, 3.05) is 31.2 Å². The molecule has 0 saturated carbocycles. The van der Waals surface area contributed by atoms with Crippen molar-refractivity contribution in [3.8, 4) is 11.8 Å². The Morgan fingerprint density at radius 3 is 2.58 bits per heavy atom. The van der Waals surface area contributed by atoms with E-state index in [0.717, 1.165) is 5.69 Å². The Labute approximate surface area is 143 Å². The molecule has 0 spiro atoms. The van der Waals surface area contributed by atoms with Crippen molar-refractivity contribution in [2.24, 2.45) is 0 Å². The molecule has 1 saturated heterocycles. The maximum atomic E-state index is 9.29. The molecule has 0 radical (unpaired) electrons. The van der Waals surface area contributed by atoms with Crippen molar-refractivity contribution in [3.63, 3.8) is 0 Å². The van der Waals surface area contributed by atoms with Gasteiger partial charge in [-0.15, -0.1) is 0 Å². The van der Waals surface area contributed by atoms with Crippen LogP contribution in [0.1, 0.15) is 5.82 Å². The van der Waals surface area contributed by atoms with Gasteiger partial charge in [-0.25, -0.2) is 4.98 Å². The van der Waals surface area contributed by atoms with Gasteiger partial charge in [0.15, 0.2) is 17.0 Å². The van der Waals surface area contributed by atoms with E-state index < -0.39 is 0 Å². The van der Waals surface area contributed by atoms with Crippen LogP contribution in [0.25, 0.3) is 16.9 Å². The third kappa shape index (κ3) is 2.56. The molecule has 3 aromatic rings. The molecule has 0 atom stereocenters. The molecule has 4 rings (SSSR count). The second-order valence-electron chi connectivity index (χ2n) is 5.35. The fourth-order valence-corrected chi connectivity index (χ4v) is 2.85. The number of hydrogen-bond donors (Lipinski definition) is 0. The first-order chi connectivity index (χ1) is 11.8. The number of ether oxygens (including phenoxy) is 1. The Hall–Kier alpha value is -2.69. The molecule has 0 N–H and O–H groups in total. The van der Waals surface area contributed by atoms with Gasteiger partial charge in [-0.3, -0.25) is 4.57 Å². The van der Waals surface area contributed by atoms with Gasteiger partial charge in [0.25, 0.3) is 0 Å². The van der Waals surface area contributed by atoms with E-state index in [2.05, 4.69) is 19.9 Å². The summed E-state index contributed by atoms with van der Waals surface area (Å²) < 4.78 is 7.22. The molecule has 1 fully saturated rings. The van der Waals surface area contributed by atoms with Crippen LogP contribution in [0.3, 0.4) is 0 Å². The molecule has 0 amide bonds. The number of aromatic nitrogens is 4. The zero-order valence-electron chi connectivity index (χ0n) is 12.7. The summed E-state index contributed by atoms with van der Waals surface area (Å²) in [5.74, 6) is 0.798. The number of hydrogen-bond acceptors (Lipinski definition) is 6. The monoisotopic (exact) mass is 340 g/mol. The summed E-state index contributed by atoms with van der Waals surface area (Å²) in [5.41, 5.74) is 2.15. The quantitative estimate of drug-likeness (QED) is 0.711. The van der Waals surface area contributed by atoms with Gasteiger partial charge in [0, 0.05) is 23.8 Å². The van der Waals surface area contributed by atoms with Crippen LogP contribution in [-0.2, 0) is 4.74 Å². The van der Waals surface area contributed by atoms with E-state index >= 15 is 0 Å². The largest absolute Gasteiger partial charge is 0.378 e. The molecule has 7 nitrogen and oxygen atoms in total. The van der Waals surface area contributed by atoms with Crippen molar-refractivity contribution in [1.82, 2.24) is 19.5 Å². The molecule has 120 valence electrons. The average Bonchev–Trinajstić information content (AvgIpc) is 3.06. The summed E-state index contributed by atoms with van der Waals surface area (Å²) in [5, 5.41) is 9.95. The molecule has 1 aliphatic heterocycles. The Kier molecular flexibility index (Phi) is 3.76. The molecule has 1 aromatic carbocycles. The van der Waals surface area contributed by atoms with Crippen LogP contribution < -0.4 is 4.90 Å². The van der Waals surface area contributed by atoms with Gasteiger partial charge in [-0.05, 0) is 24.3 Å². The first-order valence-corrected chi connectivity index (χ1v) is 7.88. The number of benzene rings is 1. The maximum Gasteiger partial charge on any atom is 0.236 e. The van der Waals surface area contributed by atoms with Gasteiger partial charge in [0.1, 0.15) is 12.4 Å². The molecule has 1 aliphatic rings. The van der Waals surface area contributed by atoms with Crippen LogP contribution in [0.5, 0.6) is 0 Å². The van der Waals surface area contributed by atoms with E-state index in [-0.39, 0.29) is 5.82 Å². The molecule has 0 unspecified atom stereocenters. The maximum absolute atomic E-state index is 9.29. The Bertz CT molecular complexity index is 924. The van der Waals surface area contributed by atoms with Gasteiger partial charge in [0.2, 0.25) is 5.82 Å². The lowest BCUT2D eigenvalue weighted by Crippen LogP contribution is -2.37. The van der Waals surface area contributed by atoms with Crippen LogP contribution in [-0.4, -0.2) is 45.8 Å². The highest BCUT2D eigenvalue weighted by molar-refractivity contribution is 6.30. The summed E-state index contributed by atoms with van der Waals surface area (Å²) in [6.45, 7) is 2.69. The normalized spacial score (nSPS) is 14.8. The highest BCUT2D eigenvalue weighted by atomic mass is 35.5. The molecule has 8 heteroatoms. The van der Waals surface area contributed by atoms with E-state index in [4.69, 9.17) is 16.3 Å². The number of fused-ring (bicyclic) bond motifs is 1. The zero-order chi connectivity index (χ0) is 16.5. The number of morpholine rings is 1. The highest BCUT2D eigenvalue weighted by Crippen LogP contribution is 2.26. The predicted molar refractivity (Wildman–Crippen MR) is 89.4 cm³/mol. The molecular formula is C16H13ClN6O. The van der Waals surface area contributed by atoms with Crippen LogP contribution in [0.2, 0.25) is 5.02 Å². The predicted octanol–water partition coefficient (Wildman–Crippen LogP) is 2.18. The summed E-state index contributed by atoms with van der Waals surface area (Å²) in [7, 11) is 0. The molecule has 2 aromatic heterocycles. The number of anilines is 1. The highest BCUT2D eigenvalue weighted by Gasteiger charge is 2.20. The van der Waals surface area contributed by atoms with Gasteiger partial charge in [-0.1, -0.05) is 11.6 Å². The lowest BCUT2D eigenvalue weighted by molar-refractivity contribution is 0.122. The van der Waals surface area contributed by atoms with Crippen molar-refractivity contribution in [3.05, 3.63) is 41.4 Å². The lowest BCUT2D eigenvalue weighted by Gasteiger charge is -2.27. The first kappa shape index (κ1) is 14.9. The molecule has 3 heterocycles. The van der Waals surface area contributed by atoms with E-state index in [9.17, 15) is 5.26 Å². The van der Waals surface area contributed by atoms with E-state index in [1.807, 2.05) is 22.8 Å². The summed E-state index contributed by atoms with van der Waals surface area (Å²) in [6, 6.07) is 9.40. The average molecular weight is 341 g/mol. The SMILES string of the molecule is N#Cc1nc(N2CCOCC2)c2ncn(-c3ccc(Cl)cc3)c2n1. The fraction of sp³-hybridized carbons (Fsp3) is 0.250. The zero-order valence-corrected chi connectivity index (χ0v) is 13.4. The fourth-order valence-electron chi connectivity index (χ4n) is 2.72. The molecule has 0 bridgehead atoms. The minimum absolute atomic E-state index is 0.125.